The minimum Gasteiger partial charge on any atom is -0.446 e. The Morgan fingerprint density at radius 2 is 2.24 bits per heavy atom. The van der Waals surface area contributed by atoms with Crippen molar-refractivity contribution in [1.82, 2.24) is 20.7 Å². The smallest absolute Gasteiger partial charge is 0.407 e. The molecule has 0 bridgehead atoms. The molecule has 1 aliphatic carbocycles. The first-order chi connectivity index (χ1) is 11.9. The fraction of sp³-hybridized carbons (Fsp3) is 0.500. The topological polar surface area (TPSA) is 122 Å². The highest BCUT2D eigenvalue weighted by Crippen LogP contribution is 2.43. The van der Waals surface area contributed by atoms with E-state index in [1.54, 1.807) is 19.1 Å². The lowest BCUT2D eigenvalue weighted by atomic mass is 10.3. The molecule has 2 aromatic heterocycles. The summed E-state index contributed by atoms with van der Waals surface area (Å²) in [6.07, 6.45) is 0.240. The van der Waals surface area contributed by atoms with E-state index in [1.807, 2.05) is 13.8 Å². The number of hydrogen-bond acceptors (Lipinski definition) is 6. The van der Waals surface area contributed by atoms with Gasteiger partial charge in [-0.3, -0.25) is 9.89 Å². The lowest BCUT2D eigenvalue weighted by Gasteiger charge is -2.08. The van der Waals surface area contributed by atoms with Gasteiger partial charge < -0.3 is 19.9 Å². The predicted octanol–water partition coefficient (Wildman–Crippen LogP) is 1.88. The lowest BCUT2D eigenvalue weighted by Crippen LogP contribution is -2.31. The van der Waals surface area contributed by atoms with Crippen LogP contribution in [0.4, 0.5) is 10.6 Å². The summed E-state index contributed by atoms with van der Waals surface area (Å²) in [5.74, 6) is 0.758. The summed E-state index contributed by atoms with van der Waals surface area (Å²) in [7, 11) is 0. The summed E-state index contributed by atoms with van der Waals surface area (Å²) in [4.78, 5) is 23.5. The molecule has 2 amide bonds. The van der Waals surface area contributed by atoms with Crippen molar-refractivity contribution in [3.63, 3.8) is 0 Å². The van der Waals surface area contributed by atoms with Crippen molar-refractivity contribution in [1.29, 1.82) is 0 Å². The molecule has 0 aromatic carbocycles. The number of aryl methyl sites for hydroxylation is 1. The van der Waals surface area contributed by atoms with Crippen molar-refractivity contribution in [2.45, 2.75) is 51.7 Å². The number of nitrogens with one attached hydrogen (secondary N) is 3. The van der Waals surface area contributed by atoms with Gasteiger partial charge in [0.1, 0.15) is 11.9 Å². The third-order valence-electron chi connectivity index (χ3n) is 3.67. The molecule has 1 aliphatic rings. The highest BCUT2D eigenvalue weighted by atomic mass is 16.6. The summed E-state index contributed by atoms with van der Waals surface area (Å²) >= 11 is 0. The van der Waals surface area contributed by atoms with Crippen LogP contribution in [-0.4, -0.2) is 39.5 Å². The predicted molar refractivity (Wildman–Crippen MR) is 88.1 cm³/mol. The summed E-state index contributed by atoms with van der Waals surface area (Å²) < 4.78 is 10.3. The number of ether oxygens (including phenoxy) is 1. The number of carbonyl (C=O) groups is 2. The highest BCUT2D eigenvalue weighted by Gasteiger charge is 2.43. The standard InChI is InChI=1S/C16H21N5O4/c1-8(2)17-16(23)24-13-6-11(13)12-7-14(20-19-12)18-15(22)5-10-4-9(3)21-25-10/h4,7-8,11,13H,5-6H2,1-3H3,(H,17,23)(H2,18,19,20,22). The van der Waals surface area contributed by atoms with E-state index in [0.717, 1.165) is 17.8 Å². The molecule has 25 heavy (non-hydrogen) atoms. The van der Waals surface area contributed by atoms with E-state index in [4.69, 9.17) is 9.26 Å². The Balaban J connectivity index is 1.48. The van der Waals surface area contributed by atoms with Crippen LogP contribution < -0.4 is 10.6 Å². The molecule has 2 unspecified atom stereocenters. The second kappa shape index (κ2) is 6.96. The number of aromatic nitrogens is 3. The van der Waals surface area contributed by atoms with Gasteiger partial charge in [-0.15, -0.1) is 0 Å². The third-order valence-corrected chi connectivity index (χ3v) is 3.67. The zero-order valence-corrected chi connectivity index (χ0v) is 14.3. The minimum absolute atomic E-state index is 0.0341. The van der Waals surface area contributed by atoms with Crippen molar-refractivity contribution >= 4 is 17.8 Å². The summed E-state index contributed by atoms with van der Waals surface area (Å²) in [6, 6.07) is 3.49. The molecule has 3 rings (SSSR count). The number of hydrogen-bond donors (Lipinski definition) is 3. The van der Waals surface area contributed by atoms with E-state index >= 15 is 0 Å². The van der Waals surface area contributed by atoms with E-state index in [2.05, 4.69) is 26.0 Å². The van der Waals surface area contributed by atoms with E-state index in [9.17, 15) is 9.59 Å². The first-order valence-corrected chi connectivity index (χ1v) is 8.15. The summed E-state index contributed by atoms with van der Waals surface area (Å²) in [6.45, 7) is 5.53. The van der Waals surface area contributed by atoms with Crippen LogP contribution in [0.2, 0.25) is 0 Å². The van der Waals surface area contributed by atoms with Crippen molar-refractivity contribution in [2.24, 2.45) is 0 Å². The molecule has 9 heteroatoms. The SMILES string of the molecule is Cc1cc(CC(=O)Nc2cc(C3CC3OC(=O)NC(C)C)[nH]n2)on1. The fourth-order valence-corrected chi connectivity index (χ4v) is 2.47. The van der Waals surface area contributed by atoms with E-state index in [0.29, 0.717) is 11.6 Å². The Morgan fingerprint density at radius 1 is 1.44 bits per heavy atom. The fourth-order valence-electron chi connectivity index (χ4n) is 2.47. The normalized spacial score (nSPS) is 18.9. The number of H-pyrrole nitrogens is 1. The molecule has 0 radical (unpaired) electrons. The number of carbonyl (C=O) groups excluding carboxylic acids is 2. The molecule has 0 aliphatic heterocycles. The highest BCUT2D eigenvalue weighted by molar-refractivity contribution is 5.91. The summed E-state index contributed by atoms with van der Waals surface area (Å²) in [5.41, 5.74) is 1.55. The number of aromatic amines is 1. The Hall–Kier alpha value is -2.84. The van der Waals surface area contributed by atoms with Gasteiger partial charge in [-0.25, -0.2) is 4.79 Å². The molecule has 2 aromatic rings. The Labute approximate surface area is 144 Å². The van der Waals surface area contributed by atoms with Crippen molar-refractivity contribution < 1.29 is 18.8 Å². The van der Waals surface area contributed by atoms with Crippen LogP contribution in [0.1, 0.15) is 43.3 Å². The number of alkyl carbamates (subject to hydrolysis) is 1. The Morgan fingerprint density at radius 3 is 2.92 bits per heavy atom. The molecular weight excluding hydrogens is 326 g/mol. The van der Waals surface area contributed by atoms with Gasteiger partial charge in [0.2, 0.25) is 5.91 Å². The van der Waals surface area contributed by atoms with Crippen LogP contribution >= 0.6 is 0 Å². The first kappa shape index (κ1) is 17.0. The average molecular weight is 347 g/mol. The van der Waals surface area contributed by atoms with Crippen LogP contribution in [0.3, 0.4) is 0 Å². The number of amides is 2. The van der Waals surface area contributed by atoms with Crippen LogP contribution in [0.15, 0.2) is 16.7 Å². The molecule has 0 spiro atoms. The van der Waals surface area contributed by atoms with Crippen molar-refractivity contribution in [2.75, 3.05) is 5.32 Å². The molecule has 0 saturated heterocycles. The Kier molecular flexibility index (Phi) is 4.73. The molecule has 2 atom stereocenters. The molecule has 134 valence electrons. The molecule has 2 heterocycles. The van der Waals surface area contributed by atoms with Crippen LogP contribution in [-0.2, 0) is 16.0 Å². The number of rotatable bonds is 6. The maximum absolute atomic E-state index is 12.0. The van der Waals surface area contributed by atoms with Gasteiger partial charge in [0.05, 0.1) is 12.1 Å². The first-order valence-electron chi connectivity index (χ1n) is 8.15. The molecule has 9 nitrogen and oxygen atoms in total. The second-order valence-electron chi connectivity index (χ2n) is 6.45. The quantitative estimate of drug-likeness (QED) is 0.733. The van der Waals surface area contributed by atoms with Gasteiger partial charge >= 0.3 is 6.09 Å². The monoisotopic (exact) mass is 347 g/mol. The molecular formula is C16H21N5O4. The Bertz CT molecular complexity index is 766. The summed E-state index contributed by atoms with van der Waals surface area (Å²) in [5, 5.41) is 16.1. The van der Waals surface area contributed by atoms with E-state index in [1.165, 1.54) is 0 Å². The van der Waals surface area contributed by atoms with Crippen molar-refractivity contribution in [3.05, 3.63) is 29.3 Å². The zero-order valence-electron chi connectivity index (χ0n) is 14.3. The third kappa shape index (κ3) is 4.59. The van der Waals surface area contributed by atoms with Gasteiger partial charge in [-0.1, -0.05) is 5.16 Å². The number of nitrogens with zero attached hydrogens (tertiary/aromatic N) is 2. The van der Waals surface area contributed by atoms with Crippen molar-refractivity contribution in [3.8, 4) is 0 Å². The van der Waals surface area contributed by atoms with Crippen LogP contribution in [0.25, 0.3) is 0 Å². The van der Waals surface area contributed by atoms with Gasteiger partial charge in [0, 0.05) is 29.8 Å². The zero-order chi connectivity index (χ0) is 18.0. The maximum atomic E-state index is 12.0. The van der Waals surface area contributed by atoms with Gasteiger partial charge in [0.25, 0.3) is 0 Å². The second-order valence-corrected chi connectivity index (χ2v) is 6.45. The molecule has 3 N–H and O–H groups in total. The molecule has 1 saturated carbocycles. The average Bonchev–Trinajstić information content (AvgIpc) is 2.89. The minimum atomic E-state index is -0.419. The van der Waals surface area contributed by atoms with Crippen LogP contribution in [0, 0.1) is 6.92 Å². The largest absolute Gasteiger partial charge is 0.446 e. The van der Waals surface area contributed by atoms with Crippen LogP contribution in [0.5, 0.6) is 0 Å². The van der Waals surface area contributed by atoms with E-state index in [-0.39, 0.29) is 30.4 Å². The molecule has 1 fully saturated rings. The van der Waals surface area contributed by atoms with Gasteiger partial charge in [0.15, 0.2) is 5.82 Å². The lowest BCUT2D eigenvalue weighted by molar-refractivity contribution is -0.115. The number of anilines is 1. The van der Waals surface area contributed by atoms with Gasteiger partial charge in [-0.2, -0.15) is 5.10 Å². The van der Waals surface area contributed by atoms with E-state index < -0.39 is 6.09 Å². The van der Waals surface area contributed by atoms with Gasteiger partial charge in [-0.05, 0) is 27.2 Å². The maximum Gasteiger partial charge on any atom is 0.407 e.